The number of ether oxygens (including phenoxy) is 3. The number of hydrogen-bond donors (Lipinski definition) is 2. The Labute approximate surface area is 152 Å². The van der Waals surface area contributed by atoms with Crippen LogP contribution in [0.4, 0.5) is 0 Å². The Morgan fingerprint density at radius 3 is 2.69 bits per heavy atom. The number of quaternary nitrogens is 1. The Morgan fingerprint density at radius 1 is 1.00 bits per heavy atom. The van der Waals surface area contributed by atoms with Crippen molar-refractivity contribution in [3.8, 4) is 11.5 Å². The number of morpholine rings is 1. The molecule has 3 heterocycles. The lowest BCUT2D eigenvalue weighted by atomic mass is 9.94. The number of fused-ring (bicyclic) bond motifs is 2. The summed E-state index contributed by atoms with van der Waals surface area (Å²) in [6.07, 6.45) is 0. The van der Waals surface area contributed by atoms with E-state index in [0.717, 1.165) is 37.8 Å². The monoisotopic (exact) mass is 351 g/mol. The van der Waals surface area contributed by atoms with Crippen LogP contribution in [0.3, 0.4) is 0 Å². The lowest BCUT2D eigenvalue weighted by Gasteiger charge is -2.32. The zero-order valence-corrected chi connectivity index (χ0v) is 14.9. The van der Waals surface area contributed by atoms with E-state index in [1.807, 2.05) is 6.07 Å². The second-order valence-electron chi connectivity index (χ2n) is 7.03. The predicted molar refractivity (Wildman–Crippen MR) is 99.0 cm³/mol. The third-order valence-corrected chi connectivity index (χ3v) is 5.51. The quantitative estimate of drug-likeness (QED) is 0.761. The SMILES string of the molecule is Cc1[nH]c2ccccc2c1C(c1ccc2c(c1)OCO2)[NH+]1CCOCC1. The van der Waals surface area contributed by atoms with Gasteiger partial charge in [-0.1, -0.05) is 18.2 Å². The minimum absolute atomic E-state index is 0.240. The Balaban J connectivity index is 1.67. The van der Waals surface area contributed by atoms with Gasteiger partial charge in [0.05, 0.1) is 13.2 Å². The summed E-state index contributed by atoms with van der Waals surface area (Å²) >= 11 is 0. The highest BCUT2D eigenvalue weighted by Gasteiger charge is 2.32. The maximum atomic E-state index is 5.65. The molecule has 0 bridgehead atoms. The third kappa shape index (κ3) is 2.55. The highest BCUT2D eigenvalue weighted by molar-refractivity contribution is 5.85. The zero-order chi connectivity index (χ0) is 17.5. The number of aromatic amines is 1. The molecule has 5 nitrogen and oxygen atoms in total. The topological polar surface area (TPSA) is 47.9 Å². The summed E-state index contributed by atoms with van der Waals surface area (Å²) in [5.74, 6) is 1.68. The van der Waals surface area contributed by atoms with Crippen LogP contribution < -0.4 is 14.4 Å². The van der Waals surface area contributed by atoms with Crippen molar-refractivity contribution in [1.29, 1.82) is 0 Å². The molecule has 2 aromatic carbocycles. The molecular formula is C21H23N2O3+. The summed E-state index contributed by atoms with van der Waals surface area (Å²) in [4.78, 5) is 5.10. The molecular weight excluding hydrogens is 328 g/mol. The molecule has 0 radical (unpaired) electrons. The van der Waals surface area contributed by atoms with Gasteiger partial charge in [0.2, 0.25) is 6.79 Å². The van der Waals surface area contributed by atoms with Gasteiger partial charge in [-0.2, -0.15) is 0 Å². The summed E-state index contributed by atoms with van der Waals surface area (Å²) in [6, 6.07) is 15.2. The fourth-order valence-corrected chi connectivity index (χ4v) is 4.29. The van der Waals surface area contributed by atoms with E-state index in [1.165, 1.54) is 32.6 Å². The summed E-state index contributed by atoms with van der Waals surface area (Å²) in [6.45, 7) is 6.08. The van der Waals surface area contributed by atoms with Gasteiger partial charge in [-0.3, -0.25) is 0 Å². The maximum Gasteiger partial charge on any atom is 0.231 e. The van der Waals surface area contributed by atoms with Crippen LogP contribution in [0.2, 0.25) is 0 Å². The normalized spacial score (nSPS) is 18.3. The summed E-state index contributed by atoms with van der Waals surface area (Å²) in [7, 11) is 0. The molecule has 3 aromatic rings. The van der Waals surface area contributed by atoms with Gasteiger partial charge in [-0.25, -0.2) is 0 Å². The van der Waals surface area contributed by atoms with Crippen molar-refractivity contribution in [3.63, 3.8) is 0 Å². The van der Waals surface area contributed by atoms with Gasteiger partial charge >= 0.3 is 0 Å². The van der Waals surface area contributed by atoms with Gasteiger partial charge in [0.1, 0.15) is 19.1 Å². The van der Waals surface area contributed by atoms with E-state index < -0.39 is 0 Å². The molecule has 1 aromatic heterocycles. The van der Waals surface area contributed by atoms with Crippen LogP contribution in [0.25, 0.3) is 10.9 Å². The van der Waals surface area contributed by atoms with Crippen LogP contribution in [-0.4, -0.2) is 38.1 Å². The Kier molecular flexibility index (Phi) is 3.84. The van der Waals surface area contributed by atoms with Gasteiger partial charge in [0.15, 0.2) is 11.5 Å². The van der Waals surface area contributed by atoms with Crippen LogP contribution in [0.5, 0.6) is 11.5 Å². The second kappa shape index (κ2) is 6.34. The highest BCUT2D eigenvalue weighted by Crippen LogP contribution is 2.37. The predicted octanol–water partition coefficient (Wildman–Crippen LogP) is 2.21. The number of rotatable bonds is 3. The Morgan fingerprint density at radius 2 is 1.81 bits per heavy atom. The van der Waals surface area contributed by atoms with Crippen LogP contribution in [0, 0.1) is 6.92 Å². The number of nitrogens with one attached hydrogen (secondary N) is 2. The van der Waals surface area contributed by atoms with Crippen molar-refractivity contribution in [1.82, 2.24) is 4.98 Å². The van der Waals surface area contributed by atoms with E-state index in [0.29, 0.717) is 6.79 Å². The van der Waals surface area contributed by atoms with Gasteiger partial charge in [-0.15, -0.1) is 0 Å². The number of H-pyrrole nitrogens is 1. The summed E-state index contributed by atoms with van der Waals surface area (Å²) in [5, 5.41) is 1.30. The zero-order valence-electron chi connectivity index (χ0n) is 14.9. The van der Waals surface area contributed by atoms with Gasteiger partial charge in [-0.05, 0) is 31.2 Å². The maximum absolute atomic E-state index is 5.65. The van der Waals surface area contributed by atoms with Gasteiger partial charge in [0.25, 0.3) is 0 Å². The van der Waals surface area contributed by atoms with E-state index >= 15 is 0 Å². The molecule has 1 atom stereocenters. The minimum Gasteiger partial charge on any atom is -0.454 e. The molecule has 0 amide bonds. The largest absolute Gasteiger partial charge is 0.454 e. The lowest BCUT2D eigenvalue weighted by molar-refractivity contribution is -0.933. The van der Waals surface area contributed by atoms with Gasteiger partial charge < -0.3 is 24.1 Å². The molecule has 0 aliphatic carbocycles. The molecule has 1 fully saturated rings. The molecule has 26 heavy (non-hydrogen) atoms. The van der Waals surface area contributed by atoms with E-state index in [2.05, 4.69) is 48.3 Å². The van der Waals surface area contributed by atoms with E-state index in [4.69, 9.17) is 14.2 Å². The molecule has 0 spiro atoms. The van der Waals surface area contributed by atoms with Crippen molar-refractivity contribution in [2.75, 3.05) is 33.1 Å². The highest BCUT2D eigenvalue weighted by atomic mass is 16.7. The van der Waals surface area contributed by atoms with Crippen LogP contribution in [0.1, 0.15) is 22.9 Å². The van der Waals surface area contributed by atoms with Crippen LogP contribution >= 0.6 is 0 Å². The smallest absolute Gasteiger partial charge is 0.231 e. The number of para-hydroxylation sites is 1. The Hall–Kier alpha value is -2.50. The number of hydrogen-bond acceptors (Lipinski definition) is 3. The van der Waals surface area contributed by atoms with Crippen molar-refractivity contribution >= 4 is 10.9 Å². The van der Waals surface area contributed by atoms with Gasteiger partial charge in [0, 0.05) is 27.7 Å². The second-order valence-corrected chi connectivity index (χ2v) is 7.03. The first-order valence-electron chi connectivity index (χ1n) is 9.20. The standard InChI is InChI=1S/C21H22N2O3/c1-14-20(16-4-2-3-5-17(16)22-14)21(23-8-10-24-11-9-23)15-6-7-18-19(12-15)26-13-25-18/h2-7,12,21-22H,8-11,13H2,1H3/p+1. The first-order chi connectivity index (χ1) is 12.8. The molecule has 5 heteroatoms. The lowest BCUT2D eigenvalue weighted by Crippen LogP contribution is -3.14. The van der Waals surface area contributed by atoms with E-state index in [-0.39, 0.29) is 6.04 Å². The van der Waals surface area contributed by atoms with Crippen molar-refractivity contribution in [2.45, 2.75) is 13.0 Å². The summed E-state index contributed by atoms with van der Waals surface area (Å²) in [5.41, 5.74) is 5.06. The van der Waals surface area contributed by atoms with Crippen LogP contribution in [0.15, 0.2) is 42.5 Å². The number of benzene rings is 2. The molecule has 134 valence electrons. The fraction of sp³-hybridized carbons (Fsp3) is 0.333. The average molecular weight is 351 g/mol. The van der Waals surface area contributed by atoms with E-state index in [1.54, 1.807) is 0 Å². The molecule has 2 aliphatic heterocycles. The first kappa shape index (κ1) is 15.7. The van der Waals surface area contributed by atoms with Crippen molar-refractivity contribution in [2.24, 2.45) is 0 Å². The number of aromatic nitrogens is 1. The first-order valence-corrected chi connectivity index (χ1v) is 9.20. The number of aryl methyl sites for hydroxylation is 1. The molecule has 5 rings (SSSR count). The molecule has 2 N–H and O–H groups in total. The molecule has 2 aliphatic rings. The average Bonchev–Trinajstić information content (AvgIpc) is 3.27. The van der Waals surface area contributed by atoms with E-state index in [9.17, 15) is 0 Å². The minimum atomic E-state index is 0.240. The third-order valence-electron chi connectivity index (χ3n) is 5.51. The van der Waals surface area contributed by atoms with Crippen LogP contribution in [-0.2, 0) is 4.74 Å². The Bertz CT molecular complexity index is 944. The molecule has 1 saturated heterocycles. The summed E-state index contributed by atoms with van der Waals surface area (Å²) < 4.78 is 16.8. The molecule has 1 unspecified atom stereocenters. The fourth-order valence-electron chi connectivity index (χ4n) is 4.29. The van der Waals surface area contributed by atoms with Crippen molar-refractivity contribution < 1.29 is 19.1 Å². The molecule has 0 saturated carbocycles. The van der Waals surface area contributed by atoms with Crippen molar-refractivity contribution in [3.05, 3.63) is 59.3 Å².